The summed E-state index contributed by atoms with van der Waals surface area (Å²) in [4.78, 5) is 0. The van der Waals surface area contributed by atoms with E-state index in [1.54, 1.807) is 0 Å². The van der Waals surface area contributed by atoms with Crippen molar-refractivity contribution in [2.45, 2.75) is 18.9 Å². The van der Waals surface area contributed by atoms with Crippen LogP contribution in [0.3, 0.4) is 0 Å². The van der Waals surface area contributed by atoms with E-state index >= 15 is 0 Å². The normalized spacial score (nSPS) is 10.0. The zero-order chi connectivity index (χ0) is 4.99. The highest BCUT2D eigenvalue weighted by atomic mass is 28.1. The number of hydrogen-bond acceptors (Lipinski definition) is 0. The smallest absolute Gasteiger partial charge is 0.211 e. The maximum absolute atomic E-state index is 11.0. The van der Waals surface area contributed by atoms with E-state index in [9.17, 15) is 8.78 Å². The largest absolute Gasteiger partial charge is 0.238 e. The fraction of sp³-hybridized carbons (Fsp3) is 1.00. The summed E-state index contributed by atoms with van der Waals surface area (Å²) in [5, 5.41) is 0. The van der Waals surface area contributed by atoms with Crippen molar-refractivity contribution in [3.63, 3.8) is 0 Å². The Kier molecular flexibility index (Phi) is 3.32. The molecule has 0 aliphatic rings. The highest BCUT2D eigenvalue weighted by Crippen LogP contribution is 1.99. The van der Waals surface area contributed by atoms with Gasteiger partial charge in [0.25, 0.3) is 0 Å². The molecule has 0 amide bonds. The molecule has 0 fully saturated rings. The highest BCUT2D eigenvalue weighted by molar-refractivity contribution is 6.08. The van der Waals surface area contributed by atoms with E-state index in [-0.39, 0.29) is 6.42 Å². The van der Waals surface area contributed by atoms with E-state index in [2.05, 4.69) is 10.2 Å². The molecule has 0 saturated heterocycles. The summed E-state index contributed by atoms with van der Waals surface area (Å²) in [6.45, 7) is 0. The predicted molar refractivity (Wildman–Crippen MR) is 21.2 cm³/mol. The highest BCUT2D eigenvalue weighted by Gasteiger charge is 1.95. The van der Waals surface area contributed by atoms with Gasteiger partial charge in [-0.05, 0) is 0 Å². The Bertz CT molecular complexity index is 30.0. The van der Waals surface area contributed by atoms with Crippen molar-refractivity contribution >= 4 is 10.2 Å². The minimum atomic E-state index is -2.15. The lowest BCUT2D eigenvalue weighted by Gasteiger charge is -1.87. The molecule has 0 aromatic rings. The molecule has 0 aliphatic carbocycles. The van der Waals surface area contributed by atoms with E-state index in [1.165, 1.54) is 0 Å². The van der Waals surface area contributed by atoms with Crippen molar-refractivity contribution < 1.29 is 8.78 Å². The van der Waals surface area contributed by atoms with Gasteiger partial charge >= 0.3 is 0 Å². The Morgan fingerprint density at radius 2 is 2.00 bits per heavy atom. The molecule has 0 N–H and O–H groups in total. The molecule has 0 nitrogen and oxygen atoms in total. The standard InChI is InChI=1S/C3H5F2Si/c4-3(5)1-2-6/h3H,1-2H2. The van der Waals surface area contributed by atoms with Gasteiger partial charge in [0.05, 0.1) is 0 Å². The van der Waals surface area contributed by atoms with Crippen LogP contribution in [0, 0.1) is 0 Å². The molecule has 0 unspecified atom stereocenters. The van der Waals surface area contributed by atoms with Gasteiger partial charge in [-0.3, -0.25) is 0 Å². The van der Waals surface area contributed by atoms with Crippen molar-refractivity contribution in [3.05, 3.63) is 0 Å². The molecular formula is C3H5F2Si. The van der Waals surface area contributed by atoms with E-state index in [0.717, 1.165) is 0 Å². The third-order valence-corrected chi connectivity index (χ3v) is 0.651. The number of hydrogen-bond donors (Lipinski definition) is 0. The first-order chi connectivity index (χ1) is 2.77. The Morgan fingerprint density at radius 3 is 2.00 bits per heavy atom. The van der Waals surface area contributed by atoms with Crippen LogP contribution in [0.1, 0.15) is 6.42 Å². The molecule has 0 aromatic carbocycles. The summed E-state index contributed by atoms with van der Waals surface area (Å²) in [7, 11) is 2.91. The van der Waals surface area contributed by atoms with Gasteiger partial charge in [-0.15, -0.1) is 0 Å². The zero-order valence-corrected chi connectivity index (χ0v) is 4.25. The summed E-state index contributed by atoms with van der Waals surface area (Å²) in [6.07, 6.45) is -2.20. The molecule has 0 atom stereocenters. The Labute approximate surface area is 39.0 Å². The second kappa shape index (κ2) is 3.27. The van der Waals surface area contributed by atoms with Crippen LogP contribution >= 0.6 is 0 Å². The van der Waals surface area contributed by atoms with Gasteiger partial charge in [-0.25, -0.2) is 8.78 Å². The molecule has 0 heterocycles. The molecule has 6 heavy (non-hydrogen) atoms. The Morgan fingerprint density at radius 1 is 1.50 bits per heavy atom. The van der Waals surface area contributed by atoms with Gasteiger partial charge in [0.2, 0.25) is 6.43 Å². The summed E-state index contributed by atoms with van der Waals surface area (Å²) >= 11 is 0. The molecule has 0 rings (SSSR count). The van der Waals surface area contributed by atoms with Crippen LogP contribution in [-0.2, 0) is 0 Å². The van der Waals surface area contributed by atoms with Crippen LogP contribution in [0.5, 0.6) is 0 Å². The van der Waals surface area contributed by atoms with Gasteiger partial charge in [-0.2, -0.15) is 0 Å². The topological polar surface area (TPSA) is 0 Å². The van der Waals surface area contributed by atoms with Crippen LogP contribution in [0.25, 0.3) is 0 Å². The van der Waals surface area contributed by atoms with Crippen LogP contribution in [0.2, 0.25) is 6.04 Å². The SMILES string of the molecule is FC(F)CC[Si]. The monoisotopic (exact) mass is 107 g/mol. The Balaban J connectivity index is 2.63. The second-order valence-corrected chi connectivity index (χ2v) is 1.43. The van der Waals surface area contributed by atoms with Crippen LogP contribution in [0.4, 0.5) is 8.78 Å². The van der Waals surface area contributed by atoms with Crippen molar-refractivity contribution in [2.75, 3.05) is 0 Å². The van der Waals surface area contributed by atoms with Crippen LogP contribution < -0.4 is 0 Å². The molecule has 3 heteroatoms. The number of alkyl halides is 2. The first-order valence-electron chi connectivity index (χ1n) is 1.70. The average molecular weight is 107 g/mol. The molecular weight excluding hydrogens is 102 g/mol. The molecule has 0 spiro atoms. The Hall–Kier alpha value is 0.0769. The summed E-state index contributed by atoms with van der Waals surface area (Å²) in [6, 6.07) is 0.387. The molecule has 3 radical (unpaired) electrons. The van der Waals surface area contributed by atoms with Gasteiger partial charge < -0.3 is 0 Å². The van der Waals surface area contributed by atoms with Crippen molar-refractivity contribution in [2.24, 2.45) is 0 Å². The van der Waals surface area contributed by atoms with Crippen LogP contribution in [0.15, 0.2) is 0 Å². The maximum atomic E-state index is 11.0. The first-order valence-corrected chi connectivity index (χ1v) is 2.41. The van der Waals surface area contributed by atoms with Crippen molar-refractivity contribution in [3.8, 4) is 0 Å². The fourth-order valence-electron chi connectivity index (χ4n) is 0.109. The van der Waals surface area contributed by atoms with E-state index in [0.29, 0.717) is 6.04 Å². The van der Waals surface area contributed by atoms with Gasteiger partial charge in [0.1, 0.15) is 0 Å². The lowest BCUT2D eigenvalue weighted by atomic mass is 10.5. The van der Waals surface area contributed by atoms with E-state index < -0.39 is 6.43 Å². The predicted octanol–water partition coefficient (Wildman–Crippen LogP) is 1.23. The molecule has 0 saturated carbocycles. The minimum absolute atomic E-state index is 0.0448. The third kappa shape index (κ3) is 4.08. The lowest BCUT2D eigenvalue weighted by molar-refractivity contribution is 0.144. The molecule has 0 bridgehead atoms. The van der Waals surface area contributed by atoms with E-state index in [4.69, 9.17) is 0 Å². The van der Waals surface area contributed by atoms with Crippen molar-refractivity contribution in [1.82, 2.24) is 0 Å². The average Bonchev–Trinajstić information content (AvgIpc) is 1.35. The quantitative estimate of drug-likeness (QED) is 0.465. The van der Waals surface area contributed by atoms with Gasteiger partial charge in [-0.1, -0.05) is 6.04 Å². The molecule has 0 aliphatic heterocycles. The lowest BCUT2D eigenvalue weighted by Crippen LogP contribution is -1.86. The molecule has 35 valence electrons. The zero-order valence-electron chi connectivity index (χ0n) is 3.25. The van der Waals surface area contributed by atoms with E-state index in [1.807, 2.05) is 0 Å². The summed E-state index contributed by atoms with van der Waals surface area (Å²) in [5.41, 5.74) is 0. The molecule has 0 aromatic heterocycles. The minimum Gasteiger partial charge on any atom is -0.211 e. The van der Waals surface area contributed by atoms with Gasteiger partial charge in [0.15, 0.2) is 0 Å². The number of halogens is 2. The number of rotatable bonds is 2. The summed E-state index contributed by atoms with van der Waals surface area (Å²) in [5.74, 6) is 0. The maximum Gasteiger partial charge on any atom is 0.238 e. The van der Waals surface area contributed by atoms with Gasteiger partial charge in [0, 0.05) is 16.7 Å². The van der Waals surface area contributed by atoms with Crippen LogP contribution in [-0.4, -0.2) is 16.7 Å². The fourth-order valence-corrected chi connectivity index (χ4v) is 0.327. The second-order valence-electron chi connectivity index (χ2n) is 0.930. The first kappa shape index (κ1) is 6.08. The third-order valence-electron chi connectivity index (χ3n) is 0.363. The summed E-state index contributed by atoms with van der Waals surface area (Å²) < 4.78 is 22.0. The van der Waals surface area contributed by atoms with Crippen molar-refractivity contribution in [1.29, 1.82) is 0 Å².